The molecule has 0 bridgehead atoms. The maximum atomic E-state index is 13.9. The van der Waals surface area contributed by atoms with Crippen molar-refractivity contribution in [3.63, 3.8) is 0 Å². The van der Waals surface area contributed by atoms with E-state index in [1.54, 1.807) is 104 Å². The Labute approximate surface area is 647 Å². The quantitative estimate of drug-likeness (QED) is 0.0433. The molecule has 8 atom stereocenters. The van der Waals surface area contributed by atoms with Gasteiger partial charge in [-0.15, -0.1) is 0 Å². The van der Waals surface area contributed by atoms with E-state index in [0.717, 1.165) is 40.0 Å². The largest absolute Gasteiger partial charge is 0.396 e. The summed E-state index contributed by atoms with van der Waals surface area (Å²) in [6.07, 6.45) is -2.96. The molecule has 0 aromatic rings. The SMILES string of the molecule is CC(C)C(C)(C)C.CC(C)[C@@](C)(C(C)N)C(C)(F)F.CC(C)[C@H](C)C(F)(F)F.CC(C)[C@](C)(C(N)=O)C(C)(F)F.CC(C)[C@](C)(CO)C(C)(F)F.CCC(C)(CO)C(C)C.CNC(=O)C(C(C)C)C(C)C.CNC(=O)C(C)(C)C(C)C.CNC(=O)[C@@](C)(C(C)C)C(C)(F)F.CNC(=O)[C@](C)(C(C)C)C(C)(C)F. The summed E-state index contributed by atoms with van der Waals surface area (Å²) >= 11 is 0. The van der Waals surface area contributed by atoms with E-state index in [4.69, 9.17) is 21.7 Å². The van der Waals surface area contributed by atoms with Crippen LogP contribution in [0.15, 0.2) is 0 Å². The summed E-state index contributed by atoms with van der Waals surface area (Å²) in [5, 5.41) is 27.9. The molecule has 0 aliphatic rings. The van der Waals surface area contributed by atoms with Crippen LogP contribution in [-0.4, -0.2) is 123 Å². The number of hydrogen-bond donors (Lipinski definition) is 8. The van der Waals surface area contributed by atoms with E-state index in [9.17, 15) is 76.7 Å². The third-order valence-electron chi connectivity index (χ3n) is 24.2. The van der Waals surface area contributed by atoms with Gasteiger partial charge in [-0.25, -0.2) is 39.5 Å². The molecule has 0 saturated heterocycles. The molecular weight excluding hydrogens is 1410 g/mol. The number of hydrogen-bond acceptors (Lipinski definition) is 8. The number of aliphatic hydroxyl groups is 2. The first-order valence-electron chi connectivity index (χ1n) is 38.1. The normalized spacial score (nSPS) is 16.3. The zero-order chi connectivity index (χ0) is 89.9. The molecule has 0 fully saturated rings. The van der Waals surface area contributed by atoms with Gasteiger partial charge in [-0.05, 0) is 138 Å². The Morgan fingerprint density at radius 3 is 0.701 bits per heavy atom. The van der Waals surface area contributed by atoms with Gasteiger partial charge in [0.05, 0.1) is 23.4 Å². The fraction of sp³-hybridized carbons (Fsp3) is 0.939. The number of primary amides is 1. The van der Waals surface area contributed by atoms with Crippen LogP contribution in [0.3, 0.4) is 0 Å². The minimum absolute atomic E-state index is 0.0348. The van der Waals surface area contributed by atoms with Gasteiger partial charge in [0.2, 0.25) is 29.5 Å². The molecule has 2 unspecified atom stereocenters. The molecule has 0 saturated carbocycles. The van der Waals surface area contributed by atoms with Gasteiger partial charge in [0.1, 0.15) is 16.5 Å². The van der Waals surface area contributed by atoms with Crippen LogP contribution in [0.2, 0.25) is 0 Å². The van der Waals surface area contributed by atoms with Gasteiger partial charge in [-0.2, -0.15) is 13.2 Å². The standard InChI is InChI=1S/C10H20FNO.C9H17F2NO.C9H19F2N.C9H19NO.C8H15F2NO.C8H16F2O.C8H17NO.C8H18O.C7H16.C6H11F3/c1-7(2)10(5,8(13)12-6)9(3,4)11;1-6(2)8(3,7(13)12-5)9(4,10)11;1-6(2)8(4,7(3)12)9(5,10)11;1-6(2)8(7(3)4)9(11)10-5;1-5(2)7(3,6(11)12)8(4,9)10;1-6(2)7(3,5-11)8(4,9)10;1-6(2)8(3,4)7(10)9-5;1-5-8(4,6-9)7(2)3;1-6(2)7(3,4)5;1-4(2)5(3)6(7,8)9/h7H,1-6H3,(H,12,13);6H,1-5H3,(H,12,13);6-7H,12H2,1-5H3;6-8H,1-5H3,(H,10,11);5H,1-4H3,(H2,11,12);6,11H,5H2,1-4H3;6H,1-5H3,(H,9,10);7,9H,5-6H2,1-4H3;6H,1-5H3;4-5H,1-3H3/t10-;8-;7?,8-;;2*7-;;;;5-/m010.10...0/s1. The highest BCUT2D eigenvalue weighted by molar-refractivity contribution is 5.84. The minimum Gasteiger partial charge on any atom is -0.396 e. The second kappa shape index (κ2) is 50.5. The van der Waals surface area contributed by atoms with Gasteiger partial charge in [-0.3, -0.25) is 24.0 Å². The Kier molecular flexibility index (Phi) is 58.6. The Morgan fingerprint density at radius 2 is 0.664 bits per heavy atom. The third kappa shape index (κ3) is 41.1. The summed E-state index contributed by atoms with van der Waals surface area (Å²) in [5.41, 5.74) is 2.62. The van der Waals surface area contributed by atoms with Gasteiger partial charge >= 0.3 is 6.18 Å². The van der Waals surface area contributed by atoms with E-state index >= 15 is 0 Å². The second-order valence-corrected chi connectivity index (χ2v) is 36.1. The Hall–Kier alpha value is -3.61. The molecule has 0 spiro atoms. The highest BCUT2D eigenvalue weighted by atomic mass is 19.4. The Morgan fingerprint density at radius 1 is 0.364 bits per heavy atom. The van der Waals surface area contributed by atoms with Crippen molar-refractivity contribution in [1.29, 1.82) is 0 Å². The number of nitrogens with two attached hydrogens (primary N) is 2. The fourth-order valence-corrected chi connectivity index (χ4v) is 9.18. The maximum absolute atomic E-state index is 13.9. The topological polar surface area (TPSA) is 226 Å². The summed E-state index contributed by atoms with van der Waals surface area (Å²) in [7, 11) is 6.27. The Bertz CT molecular complexity index is 2330. The van der Waals surface area contributed by atoms with Crippen LogP contribution in [0.25, 0.3) is 0 Å². The van der Waals surface area contributed by atoms with Crippen molar-refractivity contribution in [2.75, 3.05) is 41.4 Å². The van der Waals surface area contributed by atoms with Crippen LogP contribution in [0.1, 0.15) is 297 Å². The number of alkyl halides is 12. The van der Waals surface area contributed by atoms with Crippen molar-refractivity contribution >= 4 is 29.5 Å². The molecule has 0 aliphatic carbocycles. The fourth-order valence-electron chi connectivity index (χ4n) is 9.18. The zero-order valence-corrected chi connectivity index (χ0v) is 76.3. The third-order valence-corrected chi connectivity index (χ3v) is 24.2. The lowest BCUT2D eigenvalue weighted by Crippen LogP contribution is -2.52. The predicted molar refractivity (Wildman–Crippen MR) is 425 cm³/mol. The predicted octanol–water partition coefficient (Wildman–Crippen LogP) is 21.6. The second-order valence-electron chi connectivity index (χ2n) is 36.1. The minimum atomic E-state index is -4.02. The maximum Gasteiger partial charge on any atom is 0.391 e. The molecule has 0 aliphatic heterocycles. The van der Waals surface area contributed by atoms with Crippen LogP contribution in [0.4, 0.5) is 52.7 Å². The molecule has 107 heavy (non-hydrogen) atoms. The molecular formula is C82H168F12N6O7. The first-order valence-corrected chi connectivity index (χ1v) is 38.1. The van der Waals surface area contributed by atoms with E-state index in [-0.39, 0.29) is 58.1 Å². The van der Waals surface area contributed by atoms with Crippen molar-refractivity contribution in [2.45, 2.75) is 339 Å². The molecule has 0 rings (SSSR count). The molecule has 0 aromatic carbocycles. The van der Waals surface area contributed by atoms with Gasteiger partial charge in [0, 0.05) is 71.4 Å². The first-order chi connectivity index (χ1) is 46.7. The van der Waals surface area contributed by atoms with Crippen LogP contribution in [0, 0.1) is 120 Å². The molecule has 25 heteroatoms. The summed E-state index contributed by atoms with van der Waals surface area (Å²) in [4.78, 5) is 56.2. The molecule has 0 heterocycles. The molecule has 13 nitrogen and oxygen atoms in total. The number of carbonyl (C=O) groups is 5. The van der Waals surface area contributed by atoms with E-state index in [1.165, 1.54) is 55.6 Å². The van der Waals surface area contributed by atoms with Crippen LogP contribution in [-0.2, 0) is 24.0 Å². The average Bonchev–Trinajstić information content (AvgIpc) is 0.818. The lowest BCUT2D eigenvalue weighted by molar-refractivity contribution is -0.180. The van der Waals surface area contributed by atoms with Gasteiger partial charge in [-0.1, -0.05) is 222 Å². The lowest BCUT2D eigenvalue weighted by Gasteiger charge is -2.42. The van der Waals surface area contributed by atoms with E-state index < -0.39 is 105 Å². The van der Waals surface area contributed by atoms with Gasteiger partial charge in [0.25, 0.3) is 23.7 Å². The number of nitrogens with one attached hydrogen (secondary N) is 4. The van der Waals surface area contributed by atoms with Crippen molar-refractivity contribution in [2.24, 2.45) is 132 Å². The van der Waals surface area contributed by atoms with E-state index in [2.05, 4.69) is 125 Å². The van der Waals surface area contributed by atoms with Crippen molar-refractivity contribution < 1.29 is 86.9 Å². The number of amides is 5. The van der Waals surface area contributed by atoms with Crippen LogP contribution < -0.4 is 32.7 Å². The smallest absolute Gasteiger partial charge is 0.391 e. The van der Waals surface area contributed by atoms with Crippen LogP contribution >= 0.6 is 0 Å². The molecule has 652 valence electrons. The van der Waals surface area contributed by atoms with Crippen molar-refractivity contribution in [1.82, 2.24) is 21.3 Å². The molecule has 10 N–H and O–H groups in total. The molecule has 0 radical (unpaired) electrons. The van der Waals surface area contributed by atoms with E-state index in [0.29, 0.717) is 35.7 Å². The lowest BCUT2D eigenvalue weighted by atomic mass is 9.68. The number of carbonyl (C=O) groups excluding carboxylic acids is 5. The van der Waals surface area contributed by atoms with Crippen LogP contribution in [0.5, 0.6) is 0 Å². The zero-order valence-electron chi connectivity index (χ0n) is 76.3. The highest BCUT2D eigenvalue weighted by Gasteiger charge is 2.55. The number of aliphatic hydroxyl groups excluding tert-OH is 2. The number of rotatable bonds is 24. The number of halogens is 12. The first kappa shape index (κ1) is 124. The van der Waals surface area contributed by atoms with Crippen molar-refractivity contribution in [3.8, 4) is 0 Å². The monoisotopic (exact) mass is 1580 g/mol. The summed E-state index contributed by atoms with van der Waals surface area (Å²) in [6, 6.07) is -0.502. The van der Waals surface area contributed by atoms with E-state index in [1.807, 2.05) is 27.7 Å². The summed E-state index contributed by atoms with van der Waals surface area (Å²) in [6.45, 7) is 72.3. The summed E-state index contributed by atoms with van der Waals surface area (Å²) in [5.74, 6) is -13.2. The highest BCUT2D eigenvalue weighted by Crippen LogP contribution is 2.47. The molecule has 0 aromatic heterocycles. The summed E-state index contributed by atoms with van der Waals surface area (Å²) < 4.78 is 153. The average molecular weight is 1580 g/mol. The molecule has 5 amide bonds. The van der Waals surface area contributed by atoms with Crippen molar-refractivity contribution in [3.05, 3.63) is 0 Å². The van der Waals surface area contributed by atoms with Gasteiger partial charge in [0.15, 0.2) is 0 Å². The van der Waals surface area contributed by atoms with Gasteiger partial charge < -0.3 is 42.9 Å². The Balaban J connectivity index is -0.000000123.